The number of anilines is 1. The Labute approximate surface area is 123 Å². The van der Waals surface area contributed by atoms with E-state index in [0.717, 1.165) is 12.5 Å². The van der Waals surface area contributed by atoms with Gasteiger partial charge in [-0.3, -0.25) is 4.90 Å². The summed E-state index contributed by atoms with van der Waals surface area (Å²) >= 11 is 0. The van der Waals surface area contributed by atoms with E-state index in [2.05, 4.69) is 41.4 Å². The van der Waals surface area contributed by atoms with Gasteiger partial charge in [0.1, 0.15) is 0 Å². The molecule has 2 aliphatic rings. The van der Waals surface area contributed by atoms with Crippen LogP contribution < -0.4 is 5.32 Å². The fourth-order valence-electron chi connectivity index (χ4n) is 3.78. The molecule has 0 radical (unpaired) electrons. The molecule has 2 nitrogen and oxygen atoms in total. The molecule has 2 unspecified atom stereocenters. The fourth-order valence-corrected chi connectivity index (χ4v) is 3.78. The van der Waals surface area contributed by atoms with Gasteiger partial charge in [-0.05, 0) is 62.7 Å². The zero-order valence-corrected chi connectivity index (χ0v) is 12.8. The summed E-state index contributed by atoms with van der Waals surface area (Å²) < 4.78 is 0. The first-order chi connectivity index (χ1) is 9.85. The lowest BCUT2D eigenvalue weighted by Crippen LogP contribution is -2.21. The minimum Gasteiger partial charge on any atom is -0.382 e. The van der Waals surface area contributed by atoms with Crippen LogP contribution >= 0.6 is 0 Å². The van der Waals surface area contributed by atoms with Crippen molar-refractivity contribution in [2.45, 2.75) is 58.0 Å². The topological polar surface area (TPSA) is 15.3 Å². The van der Waals surface area contributed by atoms with Crippen molar-refractivity contribution >= 4 is 5.69 Å². The third-order valence-electron chi connectivity index (χ3n) is 5.09. The van der Waals surface area contributed by atoms with Gasteiger partial charge in [-0.25, -0.2) is 0 Å². The van der Waals surface area contributed by atoms with Gasteiger partial charge in [0.05, 0.1) is 0 Å². The number of rotatable bonds is 5. The van der Waals surface area contributed by atoms with Crippen molar-refractivity contribution in [3.8, 4) is 0 Å². The Hall–Kier alpha value is -1.02. The van der Waals surface area contributed by atoms with Crippen molar-refractivity contribution < 1.29 is 0 Å². The van der Waals surface area contributed by atoms with Crippen LogP contribution in [0.5, 0.6) is 0 Å². The molecular weight excluding hydrogens is 244 g/mol. The van der Waals surface area contributed by atoms with Gasteiger partial charge < -0.3 is 5.32 Å². The minimum absolute atomic E-state index is 0.694. The molecule has 1 N–H and O–H groups in total. The highest BCUT2D eigenvalue weighted by atomic mass is 15.1. The lowest BCUT2D eigenvalue weighted by atomic mass is 10.1. The zero-order valence-electron chi connectivity index (χ0n) is 12.8. The molecule has 1 saturated heterocycles. The first kappa shape index (κ1) is 13.9. The van der Waals surface area contributed by atoms with Gasteiger partial charge in [-0.1, -0.05) is 31.5 Å². The summed E-state index contributed by atoms with van der Waals surface area (Å²) in [4.78, 5) is 2.59. The van der Waals surface area contributed by atoms with E-state index in [1.807, 2.05) is 0 Å². The predicted molar refractivity (Wildman–Crippen MR) is 86.0 cm³/mol. The number of hydrogen-bond donors (Lipinski definition) is 1. The van der Waals surface area contributed by atoms with Crippen LogP contribution in [0.25, 0.3) is 0 Å². The summed E-state index contributed by atoms with van der Waals surface area (Å²) in [5, 5.41) is 3.82. The average molecular weight is 272 g/mol. The predicted octanol–water partition coefficient (Wildman–Crippen LogP) is 4.27. The second-order valence-electron chi connectivity index (χ2n) is 6.57. The van der Waals surface area contributed by atoms with Crippen molar-refractivity contribution in [3.05, 3.63) is 29.8 Å². The summed E-state index contributed by atoms with van der Waals surface area (Å²) in [6, 6.07) is 9.61. The molecule has 110 valence electrons. The number of para-hydroxylation sites is 1. The van der Waals surface area contributed by atoms with E-state index in [4.69, 9.17) is 0 Å². The number of nitrogens with one attached hydrogen (secondary N) is 1. The molecule has 1 saturated carbocycles. The Morgan fingerprint density at radius 1 is 1.15 bits per heavy atom. The van der Waals surface area contributed by atoms with Crippen molar-refractivity contribution in [1.29, 1.82) is 0 Å². The highest BCUT2D eigenvalue weighted by Gasteiger charge is 2.23. The highest BCUT2D eigenvalue weighted by molar-refractivity contribution is 5.52. The average Bonchev–Trinajstić information content (AvgIpc) is 3.12. The van der Waals surface area contributed by atoms with Crippen molar-refractivity contribution in [1.82, 2.24) is 4.90 Å². The molecule has 0 amide bonds. The molecule has 0 bridgehead atoms. The Morgan fingerprint density at radius 2 is 1.95 bits per heavy atom. The first-order valence-electron chi connectivity index (χ1n) is 8.42. The van der Waals surface area contributed by atoms with Crippen LogP contribution in [-0.2, 0) is 6.54 Å². The minimum atomic E-state index is 0.694. The number of benzene rings is 1. The van der Waals surface area contributed by atoms with E-state index in [9.17, 15) is 0 Å². The maximum Gasteiger partial charge on any atom is 0.0388 e. The van der Waals surface area contributed by atoms with Crippen LogP contribution in [0.4, 0.5) is 5.69 Å². The Kier molecular flexibility index (Phi) is 4.62. The van der Waals surface area contributed by atoms with Crippen molar-refractivity contribution in [2.75, 3.05) is 18.4 Å². The van der Waals surface area contributed by atoms with Gasteiger partial charge >= 0.3 is 0 Å². The van der Waals surface area contributed by atoms with Crippen LogP contribution in [0.2, 0.25) is 0 Å². The monoisotopic (exact) mass is 272 g/mol. The van der Waals surface area contributed by atoms with E-state index < -0.39 is 0 Å². The normalized spacial score (nSPS) is 27.1. The summed E-state index contributed by atoms with van der Waals surface area (Å²) in [7, 11) is 0. The van der Waals surface area contributed by atoms with Gasteiger partial charge in [-0.15, -0.1) is 0 Å². The molecular formula is C18H28N2. The Bertz CT molecular complexity index is 423. The Morgan fingerprint density at radius 3 is 2.70 bits per heavy atom. The SMILES string of the molecule is CCC1CCC(Nc2ccccc2CN2CCCC2)C1. The van der Waals surface area contributed by atoms with Gasteiger partial charge in [0.15, 0.2) is 0 Å². The van der Waals surface area contributed by atoms with E-state index >= 15 is 0 Å². The lowest BCUT2D eigenvalue weighted by Gasteiger charge is -2.21. The molecule has 1 aromatic rings. The smallest absolute Gasteiger partial charge is 0.0388 e. The molecule has 0 aromatic heterocycles. The standard InChI is InChI=1S/C18H28N2/c1-2-15-9-10-17(13-15)19-18-8-4-3-7-16(18)14-20-11-5-6-12-20/h3-4,7-8,15,17,19H,2,5-6,9-14H2,1H3. The van der Waals surface area contributed by atoms with Crippen LogP contribution in [0, 0.1) is 5.92 Å². The molecule has 3 rings (SSSR count). The molecule has 1 aliphatic carbocycles. The second-order valence-corrected chi connectivity index (χ2v) is 6.57. The van der Waals surface area contributed by atoms with Crippen LogP contribution in [0.1, 0.15) is 51.0 Å². The van der Waals surface area contributed by atoms with Crippen molar-refractivity contribution in [3.63, 3.8) is 0 Å². The molecule has 2 fully saturated rings. The summed E-state index contributed by atoms with van der Waals surface area (Å²) in [5.74, 6) is 0.943. The fraction of sp³-hybridized carbons (Fsp3) is 0.667. The van der Waals surface area contributed by atoms with E-state index in [1.54, 1.807) is 0 Å². The third kappa shape index (κ3) is 3.35. The maximum atomic E-state index is 3.82. The van der Waals surface area contributed by atoms with Gasteiger partial charge in [0, 0.05) is 18.3 Å². The summed E-state index contributed by atoms with van der Waals surface area (Å²) in [6.45, 7) is 5.99. The van der Waals surface area contributed by atoms with E-state index in [0.29, 0.717) is 6.04 Å². The quantitative estimate of drug-likeness (QED) is 0.861. The Balaban J connectivity index is 1.63. The number of likely N-dealkylation sites (tertiary alicyclic amines) is 1. The molecule has 1 heterocycles. The molecule has 2 atom stereocenters. The molecule has 0 spiro atoms. The lowest BCUT2D eigenvalue weighted by molar-refractivity contribution is 0.332. The van der Waals surface area contributed by atoms with Crippen molar-refractivity contribution in [2.24, 2.45) is 5.92 Å². The maximum absolute atomic E-state index is 3.82. The number of nitrogens with zero attached hydrogens (tertiary/aromatic N) is 1. The van der Waals surface area contributed by atoms with Gasteiger partial charge in [-0.2, -0.15) is 0 Å². The molecule has 1 aliphatic heterocycles. The number of hydrogen-bond acceptors (Lipinski definition) is 2. The highest BCUT2D eigenvalue weighted by Crippen LogP contribution is 2.31. The molecule has 2 heteroatoms. The van der Waals surface area contributed by atoms with E-state index in [1.165, 1.54) is 62.9 Å². The van der Waals surface area contributed by atoms with Gasteiger partial charge in [0.2, 0.25) is 0 Å². The van der Waals surface area contributed by atoms with Gasteiger partial charge in [0.25, 0.3) is 0 Å². The molecule has 1 aromatic carbocycles. The van der Waals surface area contributed by atoms with Crippen LogP contribution in [0.3, 0.4) is 0 Å². The third-order valence-corrected chi connectivity index (χ3v) is 5.09. The first-order valence-corrected chi connectivity index (χ1v) is 8.42. The largest absolute Gasteiger partial charge is 0.382 e. The second kappa shape index (κ2) is 6.62. The van der Waals surface area contributed by atoms with Crippen LogP contribution in [-0.4, -0.2) is 24.0 Å². The summed E-state index contributed by atoms with van der Waals surface area (Å²) in [5.41, 5.74) is 2.86. The van der Waals surface area contributed by atoms with Crippen LogP contribution in [0.15, 0.2) is 24.3 Å². The summed E-state index contributed by atoms with van der Waals surface area (Å²) in [6.07, 6.45) is 8.19. The zero-order chi connectivity index (χ0) is 13.8. The van der Waals surface area contributed by atoms with E-state index in [-0.39, 0.29) is 0 Å². The molecule has 20 heavy (non-hydrogen) atoms.